The maximum absolute atomic E-state index is 11.9. The van der Waals surface area contributed by atoms with Crippen molar-refractivity contribution in [1.82, 2.24) is 10.6 Å². The Morgan fingerprint density at radius 3 is 2.37 bits per heavy atom. The molecule has 1 aromatic rings. The first-order chi connectivity index (χ1) is 8.96. The molecule has 0 unspecified atom stereocenters. The largest absolute Gasteiger partial charge is 0.497 e. The van der Waals surface area contributed by atoms with Gasteiger partial charge in [-0.3, -0.25) is 4.79 Å². The highest BCUT2D eigenvalue weighted by Gasteiger charge is 2.17. The Labute approximate surface area is 115 Å². The van der Waals surface area contributed by atoms with Gasteiger partial charge in [0, 0.05) is 13.1 Å². The Balaban J connectivity index is 2.42. The van der Waals surface area contributed by atoms with Crippen LogP contribution >= 0.6 is 0 Å². The van der Waals surface area contributed by atoms with Crippen LogP contribution in [0.1, 0.15) is 19.4 Å². The van der Waals surface area contributed by atoms with Crippen LogP contribution in [0.15, 0.2) is 24.3 Å². The molecule has 0 heterocycles. The number of rotatable bonds is 7. The summed E-state index contributed by atoms with van der Waals surface area (Å²) >= 11 is 0. The summed E-state index contributed by atoms with van der Waals surface area (Å²) in [5, 5.41) is 6.10. The molecule has 0 radical (unpaired) electrons. The molecule has 1 aromatic carbocycles. The molecule has 2 N–H and O–H groups in total. The minimum Gasteiger partial charge on any atom is -0.497 e. The Morgan fingerprint density at radius 2 is 1.84 bits per heavy atom. The van der Waals surface area contributed by atoms with Crippen LogP contribution < -0.4 is 15.4 Å². The van der Waals surface area contributed by atoms with E-state index < -0.39 is 0 Å². The van der Waals surface area contributed by atoms with Crippen molar-refractivity contribution in [2.24, 2.45) is 5.41 Å². The van der Waals surface area contributed by atoms with Gasteiger partial charge in [0.15, 0.2) is 0 Å². The Morgan fingerprint density at radius 1 is 1.21 bits per heavy atom. The van der Waals surface area contributed by atoms with Crippen molar-refractivity contribution in [2.45, 2.75) is 20.3 Å². The van der Waals surface area contributed by atoms with Gasteiger partial charge in [-0.25, -0.2) is 0 Å². The van der Waals surface area contributed by atoms with Crippen LogP contribution in [-0.4, -0.2) is 33.2 Å². The van der Waals surface area contributed by atoms with Crippen molar-refractivity contribution in [2.75, 3.05) is 27.2 Å². The summed E-state index contributed by atoms with van der Waals surface area (Å²) in [4.78, 5) is 11.9. The minimum absolute atomic E-state index is 0.0503. The number of nitrogens with one attached hydrogen (secondary N) is 2. The molecule has 106 valence electrons. The quantitative estimate of drug-likeness (QED) is 0.786. The molecule has 1 amide bonds. The maximum atomic E-state index is 11.9. The molecular weight excluding hydrogens is 240 g/mol. The molecule has 0 atom stereocenters. The monoisotopic (exact) mass is 264 g/mol. The van der Waals surface area contributed by atoms with Crippen molar-refractivity contribution >= 4 is 5.91 Å². The van der Waals surface area contributed by atoms with Crippen molar-refractivity contribution < 1.29 is 9.53 Å². The van der Waals surface area contributed by atoms with E-state index in [1.165, 1.54) is 0 Å². The number of methoxy groups -OCH3 is 1. The van der Waals surface area contributed by atoms with Crippen LogP contribution in [0.5, 0.6) is 5.75 Å². The summed E-state index contributed by atoms with van der Waals surface area (Å²) in [6, 6.07) is 7.56. The van der Waals surface area contributed by atoms with Crippen LogP contribution in [0.4, 0.5) is 0 Å². The summed E-state index contributed by atoms with van der Waals surface area (Å²) in [5.41, 5.74) is 1.05. The van der Waals surface area contributed by atoms with Gasteiger partial charge in [0.05, 0.1) is 13.5 Å². The fourth-order valence-corrected chi connectivity index (χ4v) is 1.87. The topological polar surface area (TPSA) is 50.4 Å². The summed E-state index contributed by atoms with van der Waals surface area (Å²) < 4.78 is 5.09. The van der Waals surface area contributed by atoms with E-state index in [1.807, 2.05) is 31.3 Å². The third-order valence-corrected chi connectivity index (χ3v) is 2.94. The third kappa shape index (κ3) is 5.75. The summed E-state index contributed by atoms with van der Waals surface area (Å²) in [5.74, 6) is 0.855. The van der Waals surface area contributed by atoms with Gasteiger partial charge in [0.1, 0.15) is 5.75 Å². The van der Waals surface area contributed by atoms with E-state index in [0.29, 0.717) is 13.0 Å². The van der Waals surface area contributed by atoms with E-state index >= 15 is 0 Å². The molecule has 4 heteroatoms. The van der Waals surface area contributed by atoms with Crippen molar-refractivity contribution in [1.29, 1.82) is 0 Å². The molecule has 0 saturated heterocycles. The van der Waals surface area contributed by atoms with Crippen LogP contribution in [0, 0.1) is 5.41 Å². The lowest BCUT2D eigenvalue weighted by Gasteiger charge is -2.24. The van der Waals surface area contributed by atoms with Crippen molar-refractivity contribution in [3.8, 4) is 5.75 Å². The minimum atomic E-state index is 0.0503. The average molecular weight is 264 g/mol. The van der Waals surface area contributed by atoms with Gasteiger partial charge in [0.2, 0.25) is 5.91 Å². The average Bonchev–Trinajstić information content (AvgIpc) is 2.37. The van der Waals surface area contributed by atoms with E-state index in [0.717, 1.165) is 17.9 Å². The molecule has 0 aliphatic rings. The zero-order chi connectivity index (χ0) is 14.3. The standard InChI is InChI=1S/C15H24N2O2/c1-15(2,10-16-3)11-17-14(18)9-12-5-7-13(19-4)8-6-12/h5-8,16H,9-11H2,1-4H3,(H,17,18). The first-order valence-electron chi connectivity index (χ1n) is 6.51. The van der Waals surface area contributed by atoms with Gasteiger partial charge in [-0.1, -0.05) is 26.0 Å². The number of carbonyl (C=O) groups is 1. The number of ether oxygens (including phenoxy) is 1. The molecule has 0 aliphatic carbocycles. The Kier molecular flexibility index (Phi) is 5.83. The highest BCUT2D eigenvalue weighted by molar-refractivity contribution is 5.78. The van der Waals surface area contributed by atoms with E-state index in [-0.39, 0.29) is 11.3 Å². The zero-order valence-corrected chi connectivity index (χ0v) is 12.2. The molecule has 19 heavy (non-hydrogen) atoms. The predicted molar refractivity (Wildman–Crippen MR) is 77.4 cm³/mol. The maximum Gasteiger partial charge on any atom is 0.224 e. The lowest BCUT2D eigenvalue weighted by Crippen LogP contribution is -2.39. The molecule has 0 fully saturated rings. The predicted octanol–water partition coefficient (Wildman–Crippen LogP) is 1.60. The summed E-state index contributed by atoms with van der Waals surface area (Å²) in [7, 11) is 3.55. The van der Waals surface area contributed by atoms with Gasteiger partial charge >= 0.3 is 0 Å². The number of hydrogen-bond acceptors (Lipinski definition) is 3. The molecule has 4 nitrogen and oxygen atoms in total. The number of amides is 1. The molecule has 0 aromatic heterocycles. The molecule has 0 spiro atoms. The van der Waals surface area contributed by atoms with Crippen molar-refractivity contribution in [3.63, 3.8) is 0 Å². The second-order valence-corrected chi connectivity index (χ2v) is 5.50. The Bertz CT molecular complexity index is 399. The highest BCUT2D eigenvalue weighted by Crippen LogP contribution is 2.13. The lowest BCUT2D eigenvalue weighted by molar-refractivity contribution is -0.120. The Hall–Kier alpha value is -1.55. The first-order valence-corrected chi connectivity index (χ1v) is 6.51. The van der Waals surface area contributed by atoms with E-state index in [2.05, 4.69) is 24.5 Å². The molecular formula is C15H24N2O2. The van der Waals surface area contributed by atoms with Gasteiger partial charge in [-0.15, -0.1) is 0 Å². The smallest absolute Gasteiger partial charge is 0.224 e. The third-order valence-electron chi connectivity index (χ3n) is 2.94. The van der Waals surface area contributed by atoms with Crippen LogP contribution in [0.2, 0.25) is 0 Å². The second-order valence-electron chi connectivity index (χ2n) is 5.50. The molecule has 1 rings (SSSR count). The van der Waals surface area contributed by atoms with Crippen LogP contribution in [0.3, 0.4) is 0 Å². The van der Waals surface area contributed by atoms with Gasteiger partial charge in [-0.05, 0) is 30.2 Å². The number of carbonyl (C=O) groups excluding carboxylic acids is 1. The highest BCUT2D eigenvalue weighted by atomic mass is 16.5. The van der Waals surface area contributed by atoms with Crippen LogP contribution in [-0.2, 0) is 11.2 Å². The second kappa shape index (κ2) is 7.14. The first kappa shape index (κ1) is 15.5. The van der Waals surface area contributed by atoms with Crippen molar-refractivity contribution in [3.05, 3.63) is 29.8 Å². The lowest BCUT2D eigenvalue weighted by atomic mass is 9.93. The molecule has 0 aliphatic heterocycles. The molecule has 0 saturated carbocycles. The van der Waals surface area contributed by atoms with E-state index in [1.54, 1.807) is 7.11 Å². The number of benzene rings is 1. The SMILES string of the molecule is CNCC(C)(C)CNC(=O)Cc1ccc(OC)cc1. The summed E-state index contributed by atoms with van der Waals surface area (Å²) in [6.07, 6.45) is 0.402. The normalized spacial score (nSPS) is 11.2. The van der Waals surface area contributed by atoms with Gasteiger partial charge in [0.25, 0.3) is 0 Å². The number of hydrogen-bond donors (Lipinski definition) is 2. The van der Waals surface area contributed by atoms with E-state index in [9.17, 15) is 4.79 Å². The van der Waals surface area contributed by atoms with Gasteiger partial charge in [-0.2, -0.15) is 0 Å². The fourth-order valence-electron chi connectivity index (χ4n) is 1.87. The summed E-state index contributed by atoms with van der Waals surface area (Å²) in [6.45, 7) is 5.78. The zero-order valence-electron chi connectivity index (χ0n) is 12.2. The van der Waals surface area contributed by atoms with E-state index in [4.69, 9.17) is 4.74 Å². The molecule has 0 bridgehead atoms. The van der Waals surface area contributed by atoms with Crippen LogP contribution in [0.25, 0.3) is 0 Å². The fraction of sp³-hybridized carbons (Fsp3) is 0.533. The van der Waals surface area contributed by atoms with Gasteiger partial charge < -0.3 is 15.4 Å².